The maximum Gasteiger partial charge on any atom is 0.0446 e. The number of aromatic nitrogens is 1. The van der Waals surface area contributed by atoms with Crippen LogP contribution in [0.2, 0.25) is 0 Å². The van der Waals surface area contributed by atoms with Crippen molar-refractivity contribution in [2.45, 2.75) is 25.1 Å². The van der Waals surface area contributed by atoms with Gasteiger partial charge in [0, 0.05) is 23.7 Å². The molecule has 0 saturated heterocycles. The maximum absolute atomic E-state index is 5.91. The van der Waals surface area contributed by atoms with Crippen molar-refractivity contribution >= 4 is 11.8 Å². The Hall–Kier alpha value is -0.540. The van der Waals surface area contributed by atoms with Gasteiger partial charge in [0.25, 0.3) is 0 Å². The van der Waals surface area contributed by atoms with E-state index < -0.39 is 0 Å². The second-order valence-electron chi connectivity index (χ2n) is 3.02. The smallest absolute Gasteiger partial charge is 0.0446 e. The third-order valence-electron chi connectivity index (χ3n) is 1.86. The average Bonchev–Trinajstić information content (AvgIpc) is 2.15. The van der Waals surface area contributed by atoms with Crippen molar-refractivity contribution in [3.05, 3.63) is 30.1 Å². The SMILES string of the molecule is CCSC(c1ccncc1)C(C)N. The first-order valence-corrected chi connectivity index (χ1v) is 5.57. The van der Waals surface area contributed by atoms with Crippen LogP contribution in [0.5, 0.6) is 0 Å². The van der Waals surface area contributed by atoms with Gasteiger partial charge in [0.2, 0.25) is 0 Å². The minimum atomic E-state index is 0.187. The highest BCUT2D eigenvalue weighted by Gasteiger charge is 2.14. The van der Waals surface area contributed by atoms with Crippen molar-refractivity contribution in [3.63, 3.8) is 0 Å². The molecule has 0 aliphatic heterocycles. The Bertz CT molecular complexity index is 236. The molecule has 2 N–H and O–H groups in total. The van der Waals surface area contributed by atoms with Crippen molar-refractivity contribution < 1.29 is 0 Å². The van der Waals surface area contributed by atoms with Crippen molar-refractivity contribution in [1.29, 1.82) is 0 Å². The normalized spacial score (nSPS) is 15.3. The molecule has 2 nitrogen and oxygen atoms in total. The Balaban J connectivity index is 2.76. The summed E-state index contributed by atoms with van der Waals surface area (Å²) in [5, 5.41) is 0.396. The fourth-order valence-corrected chi connectivity index (χ4v) is 2.30. The molecule has 0 amide bonds. The molecule has 0 bridgehead atoms. The van der Waals surface area contributed by atoms with E-state index in [9.17, 15) is 0 Å². The van der Waals surface area contributed by atoms with Crippen LogP contribution >= 0.6 is 11.8 Å². The molecule has 0 fully saturated rings. The maximum atomic E-state index is 5.91. The highest BCUT2D eigenvalue weighted by atomic mass is 32.2. The first-order valence-electron chi connectivity index (χ1n) is 4.52. The van der Waals surface area contributed by atoms with Crippen LogP contribution in [-0.4, -0.2) is 16.8 Å². The van der Waals surface area contributed by atoms with Gasteiger partial charge in [0.1, 0.15) is 0 Å². The fraction of sp³-hybridized carbons (Fsp3) is 0.500. The molecule has 2 atom stereocenters. The average molecular weight is 196 g/mol. The Morgan fingerprint density at radius 2 is 2.08 bits per heavy atom. The van der Waals surface area contributed by atoms with Gasteiger partial charge >= 0.3 is 0 Å². The molecule has 1 aromatic heterocycles. The summed E-state index contributed by atoms with van der Waals surface area (Å²) in [7, 11) is 0. The van der Waals surface area contributed by atoms with Crippen LogP contribution in [0.1, 0.15) is 24.7 Å². The van der Waals surface area contributed by atoms with Gasteiger partial charge in [-0.05, 0) is 30.4 Å². The van der Waals surface area contributed by atoms with Crippen LogP contribution in [-0.2, 0) is 0 Å². The van der Waals surface area contributed by atoms with E-state index in [-0.39, 0.29) is 6.04 Å². The lowest BCUT2D eigenvalue weighted by Crippen LogP contribution is -2.22. The molecule has 0 spiro atoms. The second kappa shape index (κ2) is 5.25. The fourth-order valence-electron chi connectivity index (χ4n) is 1.28. The third kappa shape index (κ3) is 3.01. The van der Waals surface area contributed by atoms with Gasteiger partial charge < -0.3 is 5.73 Å². The Morgan fingerprint density at radius 1 is 1.46 bits per heavy atom. The molecule has 1 rings (SSSR count). The summed E-state index contributed by atoms with van der Waals surface area (Å²) < 4.78 is 0. The van der Waals surface area contributed by atoms with Gasteiger partial charge in [-0.2, -0.15) is 11.8 Å². The highest BCUT2D eigenvalue weighted by molar-refractivity contribution is 7.99. The van der Waals surface area contributed by atoms with E-state index in [1.165, 1.54) is 5.56 Å². The molecule has 2 unspecified atom stereocenters. The van der Waals surface area contributed by atoms with Crippen LogP contribution in [0, 0.1) is 0 Å². The van der Waals surface area contributed by atoms with E-state index in [1.807, 2.05) is 43.2 Å². The number of nitrogens with zero attached hydrogens (tertiary/aromatic N) is 1. The minimum Gasteiger partial charge on any atom is -0.327 e. The summed E-state index contributed by atoms with van der Waals surface area (Å²) in [5.41, 5.74) is 7.19. The first-order chi connectivity index (χ1) is 6.25. The topological polar surface area (TPSA) is 38.9 Å². The van der Waals surface area contributed by atoms with Crippen LogP contribution in [0.3, 0.4) is 0 Å². The van der Waals surface area contributed by atoms with E-state index >= 15 is 0 Å². The van der Waals surface area contributed by atoms with Crippen molar-refractivity contribution in [1.82, 2.24) is 4.98 Å². The number of hydrogen-bond acceptors (Lipinski definition) is 3. The number of nitrogens with two attached hydrogens (primary N) is 1. The summed E-state index contributed by atoms with van der Waals surface area (Å²) >= 11 is 1.88. The molecular formula is C10H16N2S. The molecular weight excluding hydrogens is 180 g/mol. The molecule has 0 aliphatic rings. The lowest BCUT2D eigenvalue weighted by Gasteiger charge is -2.19. The first kappa shape index (κ1) is 10.5. The predicted octanol–water partition coefficient (Wildman–Crippen LogP) is 2.22. The Morgan fingerprint density at radius 3 is 2.54 bits per heavy atom. The minimum absolute atomic E-state index is 0.187. The standard InChI is InChI=1S/C10H16N2S/c1-3-13-10(8(2)11)9-4-6-12-7-5-9/h4-8,10H,3,11H2,1-2H3. The molecule has 0 radical (unpaired) electrons. The van der Waals surface area contributed by atoms with E-state index in [1.54, 1.807) is 0 Å². The van der Waals surface area contributed by atoms with Gasteiger partial charge in [-0.1, -0.05) is 6.92 Å². The molecule has 1 aromatic rings. The molecule has 3 heteroatoms. The predicted molar refractivity (Wildman–Crippen MR) is 58.8 cm³/mol. The van der Waals surface area contributed by atoms with E-state index in [4.69, 9.17) is 5.73 Å². The van der Waals surface area contributed by atoms with Gasteiger partial charge in [-0.15, -0.1) is 0 Å². The van der Waals surface area contributed by atoms with Crippen LogP contribution in [0.4, 0.5) is 0 Å². The number of rotatable bonds is 4. The molecule has 72 valence electrons. The molecule has 0 saturated carbocycles. The van der Waals surface area contributed by atoms with Crippen LogP contribution in [0.25, 0.3) is 0 Å². The molecule has 0 aromatic carbocycles. The van der Waals surface area contributed by atoms with Crippen LogP contribution < -0.4 is 5.73 Å². The Kier molecular flexibility index (Phi) is 4.25. The summed E-state index contributed by atoms with van der Waals surface area (Å²) in [6, 6.07) is 4.26. The molecule has 13 heavy (non-hydrogen) atoms. The quantitative estimate of drug-likeness (QED) is 0.802. The summed E-state index contributed by atoms with van der Waals surface area (Å²) in [4.78, 5) is 4.00. The summed E-state index contributed by atoms with van der Waals surface area (Å²) in [5.74, 6) is 1.09. The van der Waals surface area contributed by atoms with Gasteiger partial charge in [-0.3, -0.25) is 4.98 Å². The van der Waals surface area contributed by atoms with Crippen molar-refractivity contribution in [2.75, 3.05) is 5.75 Å². The zero-order valence-electron chi connectivity index (χ0n) is 8.10. The van der Waals surface area contributed by atoms with E-state index in [2.05, 4.69) is 11.9 Å². The summed E-state index contributed by atoms with van der Waals surface area (Å²) in [6.45, 7) is 4.20. The highest BCUT2D eigenvalue weighted by Crippen LogP contribution is 2.30. The number of pyridine rings is 1. The van der Waals surface area contributed by atoms with Gasteiger partial charge in [0.15, 0.2) is 0 Å². The zero-order chi connectivity index (χ0) is 9.68. The van der Waals surface area contributed by atoms with Gasteiger partial charge in [0.05, 0.1) is 0 Å². The van der Waals surface area contributed by atoms with Crippen molar-refractivity contribution in [3.8, 4) is 0 Å². The summed E-state index contributed by atoms with van der Waals surface area (Å²) in [6.07, 6.45) is 3.64. The lowest BCUT2D eigenvalue weighted by molar-refractivity contribution is 0.721. The second-order valence-corrected chi connectivity index (χ2v) is 4.43. The monoisotopic (exact) mass is 196 g/mol. The van der Waals surface area contributed by atoms with Crippen molar-refractivity contribution in [2.24, 2.45) is 5.73 Å². The Labute approximate surface area is 83.9 Å². The van der Waals surface area contributed by atoms with Gasteiger partial charge in [-0.25, -0.2) is 0 Å². The zero-order valence-corrected chi connectivity index (χ0v) is 8.92. The van der Waals surface area contributed by atoms with E-state index in [0.29, 0.717) is 5.25 Å². The lowest BCUT2D eigenvalue weighted by atomic mass is 10.1. The largest absolute Gasteiger partial charge is 0.327 e. The van der Waals surface area contributed by atoms with E-state index in [0.717, 1.165) is 5.75 Å². The van der Waals surface area contributed by atoms with Crippen LogP contribution in [0.15, 0.2) is 24.5 Å². The molecule has 1 heterocycles. The number of hydrogen-bond donors (Lipinski definition) is 1. The molecule has 0 aliphatic carbocycles. The third-order valence-corrected chi connectivity index (χ3v) is 3.25. The number of thioether (sulfide) groups is 1.